The van der Waals surface area contributed by atoms with Crippen LogP contribution in [-0.4, -0.2) is 43.1 Å². The Morgan fingerprint density at radius 1 is 1.37 bits per heavy atom. The van der Waals surface area contributed by atoms with Gasteiger partial charge in [0, 0.05) is 37.9 Å². The van der Waals surface area contributed by atoms with Gasteiger partial charge in [-0.2, -0.15) is 0 Å². The van der Waals surface area contributed by atoms with Crippen LogP contribution in [0.2, 0.25) is 0 Å². The quantitative estimate of drug-likeness (QED) is 0.662. The molecule has 0 aliphatic carbocycles. The molecule has 0 fully saturated rings. The van der Waals surface area contributed by atoms with Gasteiger partial charge in [-0.1, -0.05) is 6.07 Å². The fraction of sp³-hybridized carbons (Fsp3) is 0.538. The summed E-state index contributed by atoms with van der Waals surface area (Å²) >= 11 is 0. The molecule has 0 radical (unpaired) electrons. The first-order valence-corrected chi connectivity index (χ1v) is 6.04. The van der Waals surface area contributed by atoms with Crippen LogP contribution in [0.1, 0.15) is 18.1 Å². The molecule has 0 bridgehead atoms. The molecule has 0 aliphatic heterocycles. The minimum absolute atomic E-state index is 0.0119. The van der Waals surface area contributed by atoms with Crippen molar-refractivity contribution in [2.45, 2.75) is 18.6 Å². The molecule has 19 heavy (non-hydrogen) atoms. The van der Waals surface area contributed by atoms with Gasteiger partial charge in [-0.3, -0.25) is 0 Å². The zero-order chi connectivity index (χ0) is 14.3. The van der Waals surface area contributed by atoms with Crippen molar-refractivity contribution < 1.29 is 23.7 Å². The third-order valence-corrected chi connectivity index (χ3v) is 2.77. The topological polar surface area (TPSA) is 61.7 Å². The molecule has 0 aliphatic rings. The number of aliphatic hydroxyl groups excluding tert-OH is 2. The molecule has 0 saturated carbocycles. The molecule has 4 nitrogen and oxygen atoms in total. The summed E-state index contributed by atoms with van der Waals surface area (Å²) in [6.45, 7) is 0.456. The lowest BCUT2D eigenvalue weighted by Crippen LogP contribution is -2.37. The molecule has 6 heteroatoms. The molecule has 0 spiro atoms. The van der Waals surface area contributed by atoms with E-state index in [1.165, 1.54) is 13.2 Å². The van der Waals surface area contributed by atoms with Gasteiger partial charge in [-0.25, -0.2) is 8.78 Å². The maximum atomic E-state index is 13.4. The standard InChI is InChI=1S/C13H19F2NO3/c1-19-8-10(4-5-17)16-7-13(18)11-3-2-9(14)6-12(11)15/h2-3,6,10,13,16-18H,4-5,7-8H2,1H3. The fourth-order valence-corrected chi connectivity index (χ4v) is 1.76. The van der Waals surface area contributed by atoms with Crippen molar-refractivity contribution in [3.8, 4) is 0 Å². The molecule has 1 aromatic carbocycles. The zero-order valence-electron chi connectivity index (χ0n) is 10.8. The summed E-state index contributed by atoms with van der Waals surface area (Å²) in [7, 11) is 1.53. The number of benzene rings is 1. The Balaban J connectivity index is 2.55. The van der Waals surface area contributed by atoms with E-state index in [4.69, 9.17) is 9.84 Å². The Morgan fingerprint density at radius 3 is 2.68 bits per heavy atom. The molecule has 0 heterocycles. The second kappa shape index (κ2) is 8.16. The number of ether oxygens (including phenoxy) is 1. The van der Waals surface area contributed by atoms with E-state index in [0.717, 1.165) is 12.1 Å². The van der Waals surface area contributed by atoms with Gasteiger partial charge >= 0.3 is 0 Å². The second-order valence-corrected chi connectivity index (χ2v) is 4.25. The zero-order valence-corrected chi connectivity index (χ0v) is 10.8. The highest BCUT2D eigenvalue weighted by molar-refractivity contribution is 5.21. The van der Waals surface area contributed by atoms with E-state index < -0.39 is 17.7 Å². The lowest BCUT2D eigenvalue weighted by molar-refractivity contribution is 0.125. The Labute approximate surface area is 111 Å². The molecular formula is C13H19F2NO3. The maximum Gasteiger partial charge on any atom is 0.131 e. The van der Waals surface area contributed by atoms with E-state index in [2.05, 4.69) is 5.32 Å². The normalized spacial score (nSPS) is 14.4. The first kappa shape index (κ1) is 16.0. The van der Waals surface area contributed by atoms with E-state index in [0.29, 0.717) is 13.0 Å². The highest BCUT2D eigenvalue weighted by Gasteiger charge is 2.15. The molecule has 108 valence electrons. The van der Waals surface area contributed by atoms with Crippen molar-refractivity contribution in [1.82, 2.24) is 5.32 Å². The van der Waals surface area contributed by atoms with E-state index in [1.54, 1.807) is 0 Å². The Bertz CT molecular complexity index is 384. The van der Waals surface area contributed by atoms with E-state index in [1.807, 2.05) is 0 Å². The van der Waals surface area contributed by atoms with Crippen LogP contribution < -0.4 is 5.32 Å². The van der Waals surface area contributed by atoms with E-state index in [9.17, 15) is 13.9 Å². The predicted molar refractivity (Wildman–Crippen MR) is 66.7 cm³/mol. The van der Waals surface area contributed by atoms with Gasteiger partial charge in [0.25, 0.3) is 0 Å². The molecule has 0 amide bonds. The molecular weight excluding hydrogens is 256 g/mol. The lowest BCUT2D eigenvalue weighted by Gasteiger charge is -2.19. The van der Waals surface area contributed by atoms with Crippen molar-refractivity contribution >= 4 is 0 Å². The Kier molecular flexibility index (Phi) is 6.86. The molecule has 2 atom stereocenters. The van der Waals surface area contributed by atoms with Gasteiger partial charge < -0.3 is 20.3 Å². The summed E-state index contributed by atoms with van der Waals surface area (Å²) < 4.78 is 31.1. The van der Waals surface area contributed by atoms with Crippen LogP contribution in [0.4, 0.5) is 8.78 Å². The van der Waals surface area contributed by atoms with Crippen LogP contribution in [0.15, 0.2) is 18.2 Å². The SMILES string of the molecule is COCC(CCO)NCC(O)c1ccc(F)cc1F. The number of methoxy groups -OCH3 is 1. The summed E-state index contributed by atoms with van der Waals surface area (Å²) in [6.07, 6.45) is -0.620. The van der Waals surface area contributed by atoms with Crippen LogP contribution in [-0.2, 0) is 4.74 Å². The van der Waals surface area contributed by atoms with Gasteiger partial charge in [0.05, 0.1) is 12.7 Å². The minimum Gasteiger partial charge on any atom is -0.396 e. The van der Waals surface area contributed by atoms with E-state index in [-0.39, 0.29) is 24.8 Å². The van der Waals surface area contributed by atoms with Gasteiger partial charge in [-0.05, 0) is 12.5 Å². The first-order chi connectivity index (χ1) is 9.08. The number of nitrogens with one attached hydrogen (secondary N) is 1. The summed E-state index contributed by atoms with van der Waals surface area (Å²) in [4.78, 5) is 0. The van der Waals surface area contributed by atoms with Crippen molar-refractivity contribution in [2.24, 2.45) is 0 Å². The van der Waals surface area contributed by atoms with Crippen LogP contribution in [0.3, 0.4) is 0 Å². The average Bonchev–Trinajstić information content (AvgIpc) is 2.36. The summed E-state index contributed by atoms with van der Waals surface area (Å²) in [5.41, 5.74) is 0.0362. The molecule has 2 unspecified atom stereocenters. The first-order valence-electron chi connectivity index (χ1n) is 6.04. The summed E-state index contributed by atoms with van der Waals surface area (Å²) in [5, 5.41) is 21.7. The molecule has 1 aromatic rings. The van der Waals surface area contributed by atoms with Crippen molar-refractivity contribution in [3.63, 3.8) is 0 Å². The number of rotatable bonds is 8. The van der Waals surface area contributed by atoms with Crippen LogP contribution in [0.5, 0.6) is 0 Å². The average molecular weight is 275 g/mol. The van der Waals surface area contributed by atoms with Gasteiger partial charge in [0.15, 0.2) is 0 Å². The van der Waals surface area contributed by atoms with Crippen molar-refractivity contribution in [3.05, 3.63) is 35.4 Å². The van der Waals surface area contributed by atoms with Crippen molar-refractivity contribution in [2.75, 3.05) is 26.9 Å². The van der Waals surface area contributed by atoms with Crippen LogP contribution in [0, 0.1) is 11.6 Å². The Hall–Kier alpha value is -1.08. The number of hydrogen-bond acceptors (Lipinski definition) is 4. The molecule has 0 saturated heterocycles. The molecule has 1 rings (SSSR count). The third-order valence-electron chi connectivity index (χ3n) is 2.77. The van der Waals surface area contributed by atoms with Gasteiger partial charge in [-0.15, -0.1) is 0 Å². The smallest absolute Gasteiger partial charge is 0.131 e. The number of aliphatic hydroxyl groups is 2. The van der Waals surface area contributed by atoms with Crippen LogP contribution >= 0.6 is 0 Å². The Morgan fingerprint density at radius 2 is 2.11 bits per heavy atom. The monoisotopic (exact) mass is 275 g/mol. The lowest BCUT2D eigenvalue weighted by atomic mass is 10.1. The highest BCUT2D eigenvalue weighted by atomic mass is 19.1. The second-order valence-electron chi connectivity index (χ2n) is 4.25. The van der Waals surface area contributed by atoms with Crippen LogP contribution in [0.25, 0.3) is 0 Å². The van der Waals surface area contributed by atoms with Gasteiger partial charge in [0.1, 0.15) is 11.6 Å². The predicted octanol–water partition coefficient (Wildman–Crippen LogP) is 0.985. The largest absolute Gasteiger partial charge is 0.396 e. The molecule has 0 aromatic heterocycles. The fourth-order valence-electron chi connectivity index (χ4n) is 1.76. The number of halogens is 2. The minimum atomic E-state index is -1.08. The van der Waals surface area contributed by atoms with E-state index >= 15 is 0 Å². The third kappa shape index (κ3) is 5.20. The highest BCUT2D eigenvalue weighted by Crippen LogP contribution is 2.17. The summed E-state index contributed by atoms with van der Waals surface area (Å²) in [5.74, 6) is -1.46. The van der Waals surface area contributed by atoms with Gasteiger partial charge in [0.2, 0.25) is 0 Å². The summed E-state index contributed by atoms with van der Waals surface area (Å²) in [6, 6.07) is 2.92. The molecule has 3 N–H and O–H groups in total. The van der Waals surface area contributed by atoms with Crippen molar-refractivity contribution in [1.29, 1.82) is 0 Å². The number of hydrogen-bond donors (Lipinski definition) is 3. The maximum absolute atomic E-state index is 13.4.